The smallest absolute Gasteiger partial charge is 0.140 e. The number of aliphatic hydroxyl groups is 1. The lowest BCUT2D eigenvalue weighted by Gasteiger charge is -2.10. The third-order valence-electron chi connectivity index (χ3n) is 2.90. The Morgan fingerprint density at radius 2 is 1.84 bits per heavy atom. The van der Waals surface area contributed by atoms with Gasteiger partial charge in [-0.1, -0.05) is 42.5 Å². The summed E-state index contributed by atoms with van der Waals surface area (Å²) in [5.41, 5.74) is 1.35. The van der Waals surface area contributed by atoms with Crippen LogP contribution in [0.15, 0.2) is 54.6 Å². The van der Waals surface area contributed by atoms with Gasteiger partial charge in [-0.15, -0.1) is 0 Å². The van der Waals surface area contributed by atoms with Crippen LogP contribution in [0.3, 0.4) is 0 Å². The molecule has 0 aromatic heterocycles. The molecule has 3 heteroatoms. The Balaban J connectivity index is 1.95. The van der Waals surface area contributed by atoms with Gasteiger partial charge >= 0.3 is 0 Å². The maximum atomic E-state index is 13.0. The molecule has 2 rings (SSSR count). The SMILES string of the molecule is O=C(Cc1cccc(F)c1)CC(O)c1ccccc1. The van der Waals surface area contributed by atoms with Crippen LogP contribution >= 0.6 is 0 Å². The number of hydrogen-bond donors (Lipinski definition) is 1. The van der Waals surface area contributed by atoms with Crippen molar-refractivity contribution in [3.05, 3.63) is 71.5 Å². The molecule has 0 bridgehead atoms. The van der Waals surface area contributed by atoms with Crippen molar-refractivity contribution in [2.45, 2.75) is 18.9 Å². The van der Waals surface area contributed by atoms with Gasteiger partial charge in [0.1, 0.15) is 11.6 Å². The summed E-state index contributed by atoms with van der Waals surface area (Å²) >= 11 is 0. The van der Waals surface area contributed by atoms with Gasteiger partial charge in [0, 0.05) is 12.8 Å². The van der Waals surface area contributed by atoms with E-state index in [0.29, 0.717) is 5.56 Å². The molecule has 1 unspecified atom stereocenters. The summed E-state index contributed by atoms with van der Waals surface area (Å²) in [6.45, 7) is 0. The van der Waals surface area contributed by atoms with Crippen LogP contribution in [-0.2, 0) is 11.2 Å². The zero-order valence-electron chi connectivity index (χ0n) is 10.4. The first-order valence-electron chi connectivity index (χ1n) is 6.14. The van der Waals surface area contributed by atoms with Gasteiger partial charge in [-0.05, 0) is 23.3 Å². The number of rotatable bonds is 5. The van der Waals surface area contributed by atoms with E-state index in [0.717, 1.165) is 5.56 Å². The normalized spacial score (nSPS) is 12.1. The van der Waals surface area contributed by atoms with Crippen LogP contribution in [0.5, 0.6) is 0 Å². The molecule has 0 fully saturated rings. The van der Waals surface area contributed by atoms with Crippen LogP contribution in [-0.4, -0.2) is 10.9 Å². The van der Waals surface area contributed by atoms with E-state index >= 15 is 0 Å². The van der Waals surface area contributed by atoms with Crippen molar-refractivity contribution >= 4 is 5.78 Å². The predicted molar refractivity (Wildman–Crippen MR) is 71.1 cm³/mol. The van der Waals surface area contributed by atoms with Gasteiger partial charge in [0.2, 0.25) is 0 Å². The molecule has 2 aromatic rings. The molecule has 0 saturated heterocycles. The molecule has 0 amide bonds. The maximum Gasteiger partial charge on any atom is 0.140 e. The Kier molecular flexibility index (Phi) is 4.42. The second kappa shape index (κ2) is 6.25. The molecule has 19 heavy (non-hydrogen) atoms. The number of halogens is 1. The van der Waals surface area contributed by atoms with Crippen molar-refractivity contribution < 1.29 is 14.3 Å². The van der Waals surface area contributed by atoms with Gasteiger partial charge in [0.25, 0.3) is 0 Å². The number of hydrogen-bond acceptors (Lipinski definition) is 2. The number of aliphatic hydroxyl groups excluding tert-OH is 1. The maximum absolute atomic E-state index is 13.0. The average Bonchev–Trinajstić information content (AvgIpc) is 2.39. The fourth-order valence-electron chi connectivity index (χ4n) is 1.96. The quantitative estimate of drug-likeness (QED) is 0.895. The van der Waals surface area contributed by atoms with Crippen LogP contribution in [0.25, 0.3) is 0 Å². The molecule has 0 radical (unpaired) electrons. The van der Waals surface area contributed by atoms with Crippen LogP contribution < -0.4 is 0 Å². The van der Waals surface area contributed by atoms with Gasteiger partial charge in [-0.3, -0.25) is 4.79 Å². The lowest BCUT2D eigenvalue weighted by molar-refractivity contribution is -0.120. The number of Topliss-reactive ketones (excluding diaryl/α,β-unsaturated/α-hetero) is 1. The van der Waals surface area contributed by atoms with Crippen LogP contribution in [0.2, 0.25) is 0 Å². The third kappa shape index (κ3) is 4.00. The third-order valence-corrected chi connectivity index (χ3v) is 2.90. The van der Waals surface area contributed by atoms with Crippen molar-refractivity contribution in [3.63, 3.8) is 0 Å². The Bertz CT molecular complexity index is 552. The van der Waals surface area contributed by atoms with Crippen LogP contribution in [0.1, 0.15) is 23.7 Å². The highest BCUT2D eigenvalue weighted by molar-refractivity contribution is 5.81. The van der Waals surface area contributed by atoms with E-state index in [9.17, 15) is 14.3 Å². The standard InChI is InChI=1S/C16H15FO2/c17-14-8-4-5-12(9-14)10-15(18)11-16(19)13-6-2-1-3-7-13/h1-9,16,19H,10-11H2. The van der Waals surface area contributed by atoms with Gasteiger partial charge in [-0.2, -0.15) is 0 Å². The molecule has 0 heterocycles. The topological polar surface area (TPSA) is 37.3 Å². The second-order valence-corrected chi connectivity index (χ2v) is 4.48. The molecule has 0 spiro atoms. The van der Waals surface area contributed by atoms with E-state index in [1.165, 1.54) is 12.1 Å². The summed E-state index contributed by atoms with van der Waals surface area (Å²) in [6.07, 6.45) is -0.621. The highest BCUT2D eigenvalue weighted by Gasteiger charge is 2.13. The summed E-state index contributed by atoms with van der Waals surface area (Å²) in [4.78, 5) is 11.8. The fraction of sp³-hybridized carbons (Fsp3) is 0.188. The lowest BCUT2D eigenvalue weighted by Crippen LogP contribution is -2.09. The first-order valence-corrected chi connectivity index (χ1v) is 6.14. The first kappa shape index (κ1) is 13.4. The van der Waals surface area contributed by atoms with Crippen molar-refractivity contribution in [1.82, 2.24) is 0 Å². The van der Waals surface area contributed by atoms with Gasteiger partial charge in [-0.25, -0.2) is 4.39 Å². The Morgan fingerprint density at radius 1 is 1.11 bits per heavy atom. The van der Waals surface area contributed by atoms with Crippen LogP contribution in [0.4, 0.5) is 4.39 Å². The molecule has 98 valence electrons. The Labute approximate surface area is 111 Å². The van der Waals surface area contributed by atoms with Crippen molar-refractivity contribution in [2.75, 3.05) is 0 Å². The molecule has 2 aromatic carbocycles. The summed E-state index contributed by atoms with van der Waals surface area (Å²) in [7, 11) is 0. The number of carbonyl (C=O) groups excluding carboxylic acids is 1. The zero-order chi connectivity index (χ0) is 13.7. The number of ketones is 1. The average molecular weight is 258 g/mol. The second-order valence-electron chi connectivity index (χ2n) is 4.48. The number of carbonyl (C=O) groups is 1. The predicted octanol–water partition coefficient (Wildman–Crippen LogP) is 3.06. The summed E-state index contributed by atoms with van der Waals surface area (Å²) in [5, 5.41) is 9.93. The summed E-state index contributed by atoms with van der Waals surface area (Å²) in [5.74, 6) is -0.462. The molecule has 0 aliphatic heterocycles. The molecule has 1 atom stereocenters. The van der Waals surface area contributed by atoms with E-state index in [-0.39, 0.29) is 24.4 Å². The van der Waals surface area contributed by atoms with Crippen molar-refractivity contribution in [1.29, 1.82) is 0 Å². The van der Waals surface area contributed by atoms with Gasteiger partial charge < -0.3 is 5.11 Å². The zero-order valence-corrected chi connectivity index (χ0v) is 10.4. The lowest BCUT2D eigenvalue weighted by atomic mass is 10.0. The molecule has 0 aliphatic carbocycles. The minimum Gasteiger partial charge on any atom is -0.388 e. The van der Waals surface area contributed by atoms with E-state index in [1.807, 2.05) is 18.2 Å². The van der Waals surface area contributed by atoms with Crippen molar-refractivity contribution in [2.24, 2.45) is 0 Å². The first-order chi connectivity index (χ1) is 9.15. The molecule has 0 saturated carbocycles. The highest BCUT2D eigenvalue weighted by Crippen LogP contribution is 2.17. The van der Waals surface area contributed by atoms with E-state index < -0.39 is 6.10 Å². The highest BCUT2D eigenvalue weighted by atomic mass is 19.1. The van der Waals surface area contributed by atoms with E-state index in [2.05, 4.69) is 0 Å². The minimum atomic E-state index is -0.803. The Hall–Kier alpha value is -2.00. The van der Waals surface area contributed by atoms with Crippen molar-refractivity contribution in [3.8, 4) is 0 Å². The molecule has 1 N–H and O–H groups in total. The summed E-state index contributed by atoms with van der Waals surface area (Å²) in [6, 6.07) is 15.0. The van der Waals surface area contributed by atoms with Gasteiger partial charge in [0.05, 0.1) is 6.10 Å². The number of benzene rings is 2. The molecular weight excluding hydrogens is 243 g/mol. The minimum absolute atomic E-state index is 0.0422. The van der Waals surface area contributed by atoms with E-state index in [4.69, 9.17) is 0 Å². The summed E-state index contributed by atoms with van der Waals surface area (Å²) < 4.78 is 13.0. The Morgan fingerprint density at radius 3 is 2.53 bits per heavy atom. The van der Waals surface area contributed by atoms with Crippen LogP contribution in [0, 0.1) is 5.82 Å². The largest absolute Gasteiger partial charge is 0.388 e. The molecule has 0 aliphatic rings. The monoisotopic (exact) mass is 258 g/mol. The molecule has 2 nitrogen and oxygen atoms in total. The van der Waals surface area contributed by atoms with E-state index in [1.54, 1.807) is 24.3 Å². The van der Waals surface area contributed by atoms with Gasteiger partial charge in [0.15, 0.2) is 0 Å². The molecular formula is C16H15FO2. The fourth-order valence-corrected chi connectivity index (χ4v) is 1.96.